The van der Waals surface area contributed by atoms with Gasteiger partial charge in [0.25, 0.3) is 5.91 Å². The maximum absolute atomic E-state index is 12.1. The van der Waals surface area contributed by atoms with E-state index < -0.39 is 12.3 Å². The first kappa shape index (κ1) is 25.1. The standard InChI is InChI=1S/C26H26Cl2N6O4/c27-18-2-1-3-19(28)21(18)23-17(24(38-33-23)14-4-5-14)13-37-16-8-10-34(11-9-16)20-7-6-15(12-29-20)22-25(35)30-26(36)32-31-22/h1-3,6-7,12,14,16,26,32,36H,4-5,8-11,13H2,(H,30,35). The smallest absolute Gasteiger partial charge is 0.275 e. The number of anilines is 1. The summed E-state index contributed by atoms with van der Waals surface area (Å²) in [6, 6.07) is 9.08. The number of halogens is 2. The predicted octanol–water partition coefficient (Wildman–Crippen LogP) is 3.81. The van der Waals surface area contributed by atoms with Crippen molar-refractivity contribution in [3.8, 4) is 11.3 Å². The molecule has 0 bridgehead atoms. The minimum atomic E-state index is -1.19. The second-order valence-corrected chi connectivity index (χ2v) is 10.4. The molecule has 1 saturated heterocycles. The number of amides is 1. The minimum absolute atomic E-state index is 0.0832. The molecule has 3 N–H and O–H groups in total. The first-order chi connectivity index (χ1) is 18.5. The van der Waals surface area contributed by atoms with E-state index >= 15 is 0 Å². The molecule has 198 valence electrons. The van der Waals surface area contributed by atoms with Gasteiger partial charge in [-0.05, 0) is 49.9 Å². The number of ether oxygens (including phenoxy) is 1. The zero-order valence-electron chi connectivity index (χ0n) is 20.4. The SMILES string of the molecule is O=C1NC(O)NN=C1c1ccc(N2CCC(OCc3c(-c4c(Cl)cccc4Cl)noc3C3CC3)CC2)nc1. The van der Waals surface area contributed by atoms with Crippen molar-refractivity contribution in [1.82, 2.24) is 20.9 Å². The summed E-state index contributed by atoms with van der Waals surface area (Å²) in [5, 5.41) is 21.1. The van der Waals surface area contributed by atoms with Gasteiger partial charge in [0.05, 0.1) is 22.8 Å². The molecule has 38 heavy (non-hydrogen) atoms. The summed E-state index contributed by atoms with van der Waals surface area (Å²) in [5.41, 5.74) is 5.45. The third-order valence-electron chi connectivity index (χ3n) is 7.00. The first-order valence-corrected chi connectivity index (χ1v) is 13.3. The number of aliphatic hydroxyl groups excluding tert-OH is 1. The summed E-state index contributed by atoms with van der Waals surface area (Å²) in [7, 11) is 0. The summed E-state index contributed by atoms with van der Waals surface area (Å²) in [6.45, 7) is 1.96. The van der Waals surface area contributed by atoms with Crippen molar-refractivity contribution in [3.05, 3.63) is 63.5 Å². The molecule has 0 radical (unpaired) electrons. The van der Waals surface area contributed by atoms with Crippen LogP contribution in [0, 0.1) is 0 Å². The van der Waals surface area contributed by atoms with Crippen molar-refractivity contribution in [2.75, 3.05) is 18.0 Å². The molecule has 2 fully saturated rings. The van der Waals surface area contributed by atoms with Gasteiger partial charge in [0, 0.05) is 41.9 Å². The largest absolute Gasteiger partial charge is 0.373 e. The molecule has 1 atom stereocenters. The first-order valence-electron chi connectivity index (χ1n) is 12.6. The third-order valence-corrected chi connectivity index (χ3v) is 7.63. The molecule has 10 nitrogen and oxygen atoms in total. The summed E-state index contributed by atoms with van der Waals surface area (Å²) >= 11 is 12.9. The van der Waals surface area contributed by atoms with E-state index in [1.54, 1.807) is 24.4 Å². The molecule has 1 aliphatic carbocycles. The second kappa shape index (κ2) is 10.5. The Balaban J connectivity index is 1.09. The van der Waals surface area contributed by atoms with Crippen LogP contribution in [-0.2, 0) is 16.1 Å². The summed E-state index contributed by atoms with van der Waals surface area (Å²) in [6.07, 6.45) is 4.35. The van der Waals surface area contributed by atoms with Crippen LogP contribution >= 0.6 is 23.2 Å². The van der Waals surface area contributed by atoms with Crippen molar-refractivity contribution < 1.29 is 19.2 Å². The number of hydrogen-bond donors (Lipinski definition) is 3. The lowest BCUT2D eigenvalue weighted by molar-refractivity contribution is -0.119. The minimum Gasteiger partial charge on any atom is -0.373 e. The van der Waals surface area contributed by atoms with Crippen LogP contribution in [0.15, 0.2) is 46.2 Å². The fraction of sp³-hybridized carbons (Fsp3) is 0.385. The molecular formula is C26H26Cl2N6O4. The Morgan fingerprint density at radius 3 is 2.53 bits per heavy atom. The Morgan fingerprint density at radius 1 is 1.11 bits per heavy atom. The Bertz CT molecular complexity index is 1350. The van der Waals surface area contributed by atoms with Gasteiger partial charge in [-0.2, -0.15) is 5.10 Å². The van der Waals surface area contributed by atoms with Gasteiger partial charge in [-0.3, -0.25) is 10.2 Å². The van der Waals surface area contributed by atoms with E-state index in [1.807, 2.05) is 12.1 Å². The van der Waals surface area contributed by atoms with Gasteiger partial charge < -0.3 is 24.6 Å². The Labute approximate surface area is 228 Å². The van der Waals surface area contributed by atoms with Gasteiger partial charge in [-0.15, -0.1) is 0 Å². The Kier molecular flexibility index (Phi) is 6.96. The fourth-order valence-corrected chi connectivity index (χ4v) is 5.39. The van der Waals surface area contributed by atoms with Gasteiger partial charge in [-0.25, -0.2) is 4.98 Å². The number of nitrogens with zero attached hydrogens (tertiary/aromatic N) is 4. The van der Waals surface area contributed by atoms with Gasteiger partial charge in [0.2, 0.25) is 6.35 Å². The van der Waals surface area contributed by atoms with Crippen LogP contribution in [0.5, 0.6) is 0 Å². The van der Waals surface area contributed by atoms with Gasteiger partial charge in [0.1, 0.15) is 17.3 Å². The summed E-state index contributed by atoms with van der Waals surface area (Å²) in [5.74, 6) is 1.61. The summed E-state index contributed by atoms with van der Waals surface area (Å²) in [4.78, 5) is 18.8. The average Bonchev–Trinajstić information content (AvgIpc) is 3.68. The van der Waals surface area contributed by atoms with Crippen molar-refractivity contribution in [3.63, 3.8) is 0 Å². The zero-order valence-corrected chi connectivity index (χ0v) is 21.9. The molecule has 6 rings (SSSR count). The van der Waals surface area contributed by atoms with E-state index in [2.05, 4.69) is 30.9 Å². The van der Waals surface area contributed by atoms with Crippen molar-refractivity contribution >= 4 is 40.6 Å². The molecule has 3 aromatic rings. The molecule has 12 heteroatoms. The maximum atomic E-state index is 12.1. The van der Waals surface area contributed by atoms with Crippen molar-refractivity contribution in [1.29, 1.82) is 0 Å². The van der Waals surface area contributed by atoms with E-state index in [0.29, 0.717) is 39.4 Å². The number of hydrazone groups is 1. The van der Waals surface area contributed by atoms with E-state index in [1.165, 1.54) is 0 Å². The van der Waals surface area contributed by atoms with Crippen LogP contribution in [-0.4, -0.2) is 52.4 Å². The van der Waals surface area contributed by atoms with E-state index in [0.717, 1.165) is 55.9 Å². The Hall–Kier alpha value is -3.18. The highest BCUT2D eigenvalue weighted by Crippen LogP contribution is 2.46. The average molecular weight is 557 g/mol. The lowest BCUT2D eigenvalue weighted by atomic mass is 10.0. The molecule has 3 aliphatic rings. The number of aromatic nitrogens is 2. The molecule has 0 spiro atoms. The fourth-order valence-electron chi connectivity index (χ4n) is 4.81. The number of piperidine rings is 1. The van der Waals surface area contributed by atoms with E-state index in [9.17, 15) is 9.90 Å². The number of aliphatic hydroxyl groups is 1. The number of rotatable bonds is 7. The monoisotopic (exact) mass is 556 g/mol. The highest BCUT2D eigenvalue weighted by Gasteiger charge is 2.34. The van der Waals surface area contributed by atoms with Crippen LogP contribution in [0.3, 0.4) is 0 Å². The number of pyridine rings is 1. The summed E-state index contributed by atoms with van der Waals surface area (Å²) < 4.78 is 12.1. The molecular weight excluding hydrogens is 531 g/mol. The van der Waals surface area contributed by atoms with E-state index in [4.69, 9.17) is 32.5 Å². The molecule has 4 heterocycles. The van der Waals surface area contributed by atoms with Crippen molar-refractivity contribution in [2.45, 2.75) is 50.7 Å². The normalized spacial score (nSPS) is 20.2. The zero-order chi connectivity index (χ0) is 26.2. The Morgan fingerprint density at radius 2 is 1.87 bits per heavy atom. The van der Waals surface area contributed by atoms with Crippen molar-refractivity contribution in [2.24, 2.45) is 5.10 Å². The van der Waals surface area contributed by atoms with Gasteiger partial charge in [-0.1, -0.05) is 34.4 Å². The lowest BCUT2D eigenvalue weighted by Crippen LogP contribution is -2.51. The van der Waals surface area contributed by atoms with Crippen LogP contribution in [0.1, 0.15) is 48.5 Å². The quantitative estimate of drug-likeness (QED) is 0.401. The number of carbonyl (C=O) groups is 1. The molecule has 2 aromatic heterocycles. The van der Waals surface area contributed by atoms with E-state index in [-0.39, 0.29) is 11.8 Å². The molecule has 1 amide bonds. The van der Waals surface area contributed by atoms with Gasteiger partial charge >= 0.3 is 0 Å². The molecule has 1 saturated carbocycles. The third kappa shape index (κ3) is 5.09. The maximum Gasteiger partial charge on any atom is 0.275 e. The molecule has 1 aromatic carbocycles. The molecule has 2 aliphatic heterocycles. The lowest BCUT2D eigenvalue weighted by Gasteiger charge is -2.32. The van der Waals surface area contributed by atoms with Crippen LogP contribution in [0.25, 0.3) is 11.3 Å². The second-order valence-electron chi connectivity index (χ2n) is 9.61. The highest BCUT2D eigenvalue weighted by atomic mass is 35.5. The topological polar surface area (TPSA) is 125 Å². The molecule has 1 unspecified atom stereocenters. The number of nitrogens with one attached hydrogen (secondary N) is 2. The highest BCUT2D eigenvalue weighted by molar-refractivity contribution is 6.45. The number of benzene rings is 1. The van der Waals surface area contributed by atoms with Crippen LogP contribution < -0.4 is 15.6 Å². The predicted molar refractivity (Wildman–Crippen MR) is 142 cm³/mol. The van der Waals surface area contributed by atoms with Crippen LogP contribution in [0.2, 0.25) is 10.0 Å². The van der Waals surface area contributed by atoms with Crippen LogP contribution in [0.4, 0.5) is 5.82 Å². The van der Waals surface area contributed by atoms with Gasteiger partial charge in [0.15, 0.2) is 5.71 Å². The number of hydrogen-bond acceptors (Lipinski definition) is 9. The number of carbonyl (C=O) groups excluding carboxylic acids is 1.